The van der Waals surface area contributed by atoms with Crippen LogP contribution in [-0.4, -0.2) is 20.9 Å². The fourth-order valence-corrected chi connectivity index (χ4v) is 6.45. The van der Waals surface area contributed by atoms with E-state index >= 15 is 0 Å². The van der Waals surface area contributed by atoms with Crippen molar-refractivity contribution in [1.82, 2.24) is 9.13 Å². The van der Waals surface area contributed by atoms with Crippen molar-refractivity contribution in [3.8, 4) is 27.9 Å². The van der Waals surface area contributed by atoms with E-state index in [-0.39, 0.29) is 27.5 Å². The SMILES string of the molecule is [2H]c1c([2H])c([2H])c(CN=C(/N=C(\N)c2c([2H])c([2H])c(-c3c([2H])c([2H])c([2H])c([2H])c3[2H])c([2H])c2[2H])n2c3c([2H])c([2H])c([2H])c([2H])c3c3c([2H])c4c5c([2H])c([2H])c([2H])c([2H])c5n(-c5ccccc5-c5ccccc5)c4c([2H])c32)c([2H])c1[2H]. The summed E-state index contributed by atoms with van der Waals surface area (Å²) in [5.41, 5.74) is 3.98. The zero-order chi connectivity index (χ0) is 58.3. The molecule has 0 saturated carbocycles. The van der Waals surface area contributed by atoms with Crippen LogP contribution in [0, 0.1) is 0 Å². The fraction of sp³-hybridized carbons (Fsp3) is 0.0196. The maximum absolute atomic E-state index is 10.4. The Hall–Kier alpha value is -7.50. The Morgan fingerprint density at radius 3 is 1.89 bits per heavy atom. The van der Waals surface area contributed by atoms with Crippen LogP contribution in [0.2, 0.25) is 0 Å². The maximum Gasteiger partial charge on any atom is 0.232 e. The molecule has 5 nitrogen and oxygen atoms in total. The molecule has 5 heteroatoms. The zero-order valence-corrected chi connectivity index (χ0v) is 28.8. The van der Waals surface area contributed by atoms with Gasteiger partial charge in [0.25, 0.3) is 0 Å². The lowest BCUT2D eigenvalue weighted by atomic mass is 10.0. The summed E-state index contributed by atoms with van der Waals surface area (Å²) in [4.78, 5) is 9.05. The van der Waals surface area contributed by atoms with Gasteiger partial charge in [0.2, 0.25) is 5.96 Å². The molecule has 0 amide bonds. The number of para-hydroxylation sites is 3. The average molecular weight is 744 g/mol. The Morgan fingerprint density at radius 2 is 1.12 bits per heavy atom. The van der Waals surface area contributed by atoms with E-state index in [4.69, 9.17) is 27.7 Å². The Balaban J connectivity index is 1.41. The molecular formula is C51H37N5. The van der Waals surface area contributed by atoms with Gasteiger partial charge in [-0.3, -0.25) is 4.57 Å². The van der Waals surface area contributed by atoms with Gasteiger partial charge in [-0.25, -0.2) is 4.99 Å². The quantitative estimate of drug-likeness (QED) is 0.134. The van der Waals surface area contributed by atoms with Crippen LogP contribution in [0.1, 0.15) is 44.0 Å². The lowest BCUT2D eigenvalue weighted by molar-refractivity contribution is 1.03. The van der Waals surface area contributed by atoms with Gasteiger partial charge in [0.05, 0.1) is 67.2 Å². The molecule has 0 radical (unpaired) electrons. The summed E-state index contributed by atoms with van der Waals surface area (Å²) in [6.07, 6.45) is 0. The number of nitrogens with two attached hydrogens (primary N) is 1. The summed E-state index contributed by atoms with van der Waals surface area (Å²) in [5, 5.41) is -1.34. The van der Waals surface area contributed by atoms with Crippen molar-refractivity contribution in [1.29, 1.82) is 0 Å². The van der Waals surface area contributed by atoms with E-state index < -0.39 is 207 Å². The van der Waals surface area contributed by atoms with E-state index in [1.165, 1.54) is 4.57 Å². The molecule has 0 spiro atoms. The number of hydrogen-bond acceptors (Lipinski definition) is 1. The van der Waals surface area contributed by atoms with Gasteiger partial charge >= 0.3 is 0 Å². The van der Waals surface area contributed by atoms with Crippen LogP contribution in [-0.2, 0) is 6.54 Å². The van der Waals surface area contributed by atoms with Gasteiger partial charge in [0.15, 0.2) is 0 Å². The van der Waals surface area contributed by atoms with Crippen molar-refractivity contribution in [2.45, 2.75) is 6.54 Å². The van der Waals surface area contributed by atoms with E-state index in [0.717, 1.165) is 4.57 Å². The third kappa shape index (κ3) is 5.83. The highest BCUT2D eigenvalue weighted by Gasteiger charge is 2.21. The van der Waals surface area contributed by atoms with Crippen molar-refractivity contribution in [2.75, 3.05) is 0 Å². The van der Waals surface area contributed by atoms with Crippen molar-refractivity contribution >= 4 is 55.4 Å². The molecule has 0 aliphatic heterocycles. The van der Waals surface area contributed by atoms with E-state index in [9.17, 15) is 11.0 Å². The number of amidine groups is 1. The molecule has 2 N–H and O–H groups in total. The highest BCUT2D eigenvalue weighted by Crippen LogP contribution is 2.40. The number of aromatic nitrogens is 2. The lowest BCUT2D eigenvalue weighted by Crippen LogP contribution is -2.19. The number of hydrogen-bond donors (Lipinski definition) is 1. The number of benzene rings is 8. The highest BCUT2D eigenvalue weighted by molar-refractivity contribution is 6.22. The van der Waals surface area contributed by atoms with Crippen molar-refractivity contribution in [2.24, 2.45) is 15.7 Å². The molecule has 0 bridgehead atoms. The topological polar surface area (TPSA) is 60.6 Å². The summed E-state index contributed by atoms with van der Waals surface area (Å²) in [7, 11) is 0. The second kappa shape index (κ2) is 14.0. The van der Waals surface area contributed by atoms with E-state index in [2.05, 4.69) is 9.98 Å². The van der Waals surface area contributed by atoms with Gasteiger partial charge in [-0.1, -0.05) is 169 Å². The van der Waals surface area contributed by atoms with Gasteiger partial charge in [0, 0.05) is 32.7 Å². The number of nitrogens with zero attached hydrogens (tertiary/aromatic N) is 4. The summed E-state index contributed by atoms with van der Waals surface area (Å²) in [6, 6.07) is -3.35. The minimum absolute atomic E-state index is 0.186. The molecular weight excluding hydrogens is 683 g/mol. The van der Waals surface area contributed by atoms with Crippen LogP contribution in [0.25, 0.3) is 71.6 Å². The van der Waals surface area contributed by atoms with Crippen molar-refractivity contribution in [3.05, 3.63) is 211 Å². The predicted molar refractivity (Wildman–Crippen MR) is 235 cm³/mol. The van der Waals surface area contributed by atoms with E-state index in [1.54, 1.807) is 54.6 Å². The molecule has 0 unspecified atom stereocenters. The zero-order valence-electron chi connectivity index (χ0n) is 52.8. The minimum atomic E-state index is -0.971. The molecule has 266 valence electrons. The first-order chi connectivity index (χ1) is 37.7. The number of fused-ring (bicyclic) bond motifs is 6. The Kier molecular flexibility index (Phi) is 4.13. The van der Waals surface area contributed by atoms with Gasteiger partial charge < -0.3 is 10.3 Å². The van der Waals surface area contributed by atoms with Gasteiger partial charge in [-0.15, -0.1) is 0 Å². The lowest BCUT2D eigenvalue weighted by Gasteiger charge is -2.14. The van der Waals surface area contributed by atoms with Crippen LogP contribution in [0.5, 0.6) is 0 Å². The fourth-order valence-electron chi connectivity index (χ4n) is 6.45. The first-order valence-corrected chi connectivity index (χ1v) is 17.0. The van der Waals surface area contributed by atoms with Crippen LogP contribution in [0.3, 0.4) is 0 Å². The van der Waals surface area contributed by atoms with Crippen LogP contribution >= 0.6 is 0 Å². The van der Waals surface area contributed by atoms with Crippen LogP contribution < -0.4 is 5.73 Å². The molecule has 0 saturated heterocycles. The monoisotopic (exact) mass is 743 g/mol. The molecule has 0 aliphatic carbocycles. The summed E-state index contributed by atoms with van der Waals surface area (Å²) < 4.78 is 216. The normalized spacial score (nSPS) is 18.3. The standard InChI is InChI=1S/C51H37N5/c52-50(39-30-28-37(29-31-39)36-18-6-2-7-19-36)54-51(53-34-35-16-4-1-5-17-35)56-47-27-15-12-24-42(47)44-32-43-41-23-11-14-26-46(41)55(48(43)33-49(44)56)45-25-13-10-22-40(45)38-20-8-3-9-21-38/h1-33H,34H2,(H2,52,53,54)/i1D,2D,4D,5D,6D,7D,11D,12D,14D,15D,16D,17D,18D,19D,23D,24D,26D,27D,28D,29D,30D,31D,32D,33D. The molecule has 56 heavy (non-hydrogen) atoms. The van der Waals surface area contributed by atoms with Gasteiger partial charge in [0.1, 0.15) is 5.84 Å². The molecule has 8 aromatic carbocycles. The van der Waals surface area contributed by atoms with E-state index in [1.807, 2.05) is 0 Å². The minimum Gasteiger partial charge on any atom is -0.383 e. The summed E-state index contributed by atoms with van der Waals surface area (Å²) >= 11 is 0. The maximum atomic E-state index is 10.4. The molecule has 0 fully saturated rings. The number of rotatable bonds is 6. The molecule has 2 aromatic heterocycles. The smallest absolute Gasteiger partial charge is 0.232 e. The van der Waals surface area contributed by atoms with Gasteiger partial charge in [-0.05, 0) is 52.5 Å². The predicted octanol–water partition coefficient (Wildman–Crippen LogP) is 12.0. The Bertz CT molecular complexity index is 4420. The van der Waals surface area contributed by atoms with Crippen molar-refractivity contribution in [3.63, 3.8) is 0 Å². The second-order valence-corrected chi connectivity index (χ2v) is 12.2. The average Bonchev–Trinajstić information content (AvgIpc) is 3.73. The van der Waals surface area contributed by atoms with Gasteiger partial charge in [-0.2, -0.15) is 4.99 Å². The highest BCUT2D eigenvalue weighted by atomic mass is 15.2. The Morgan fingerprint density at radius 1 is 0.518 bits per heavy atom. The second-order valence-electron chi connectivity index (χ2n) is 12.2. The first kappa shape index (κ1) is 16.5. The van der Waals surface area contributed by atoms with Crippen LogP contribution in [0.4, 0.5) is 0 Å². The first-order valence-electron chi connectivity index (χ1n) is 29.0. The van der Waals surface area contributed by atoms with E-state index in [0.29, 0.717) is 11.1 Å². The Labute approximate surface area is 358 Å². The molecule has 10 rings (SSSR count). The summed E-state index contributed by atoms with van der Waals surface area (Å²) in [5.74, 6) is -1.78. The summed E-state index contributed by atoms with van der Waals surface area (Å²) in [6.45, 7) is -0.908. The number of aliphatic imine (C=N–C) groups is 2. The van der Waals surface area contributed by atoms with Crippen LogP contribution in [0.15, 0.2) is 210 Å². The third-order valence-corrected chi connectivity index (χ3v) is 8.90. The molecule has 2 heterocycles. The molecule has 0 atom stereocenters. The third-order valence-electron chi connectivity index (χ3n) is 8.90. The molecule has 0 aliphatic rings. The largest absolute Gasteiger partial charge is 0.383 e. The van der Waals surface area contributed by atoms with Crippen molar-refractivity contribution < 1.29 is 32.9 Å². The molecule has 10 aromatic rings.